The molecule has 3 aromatic carbocycles. The van der Waals surface area contributed by atoms with Gasteiger partial charge < -0.3 is 14.4 Å². The second-order valence-electron chi connectivity index (χ2n) is 10.3. The van der Waals surface area contributed by atoms with E-state index >= 15 is 0 Å². The maximum atomic E-state index is 14.2. The van der Waals surface area contributed by atoms with E-state index in [9.17, 15) is 19.2 Å². The van der Waals surface area contributed by atoms with Gasteiger partial charge in [-0.25, -0.2) is 14.5 Å². The van der Waals surface area contributed by atoms with Crippen LogP contribution in [0.5, 0.6) is 0 Å². The van der Waals surface area contributed by atoms with Crippen molar-refractivity contribution in [2.75, 3.05) is 40.4 Å². The molecular formula is C33H36N2O6. The quantitative estimate of drug-likeness (QED) is 0.337. The highest BCUT2D eigenvalue weighted by molar-refractivity contribution is 6.02. The molecule has 1 aliphatic rings. The Bertz CT molecular complexity index is 1310. The summed E-state index contributed by atoms with van der Waals surface area (Å²) in [6, 6.07) is 24.3. The zero-order valence-corrected chi connectivity index (χ0v) is 23.9. The van der Waals surface area contributed by atoms with E-state index in [-0.39, 0.29) is 30.6 Å². The Hall–Kier alpha value is -4.30. The number of amides is 2. The van der Waals surface area contributed by atoms with Crippen LogP contribution in [0.4, 0.5) is 9.59 Å². The van der Waals surface area contributed by atoms with E-state index in [1.165, 1.54) is 14.2 Å². The molecule has 1 heterocycles. The molecule has 1 aliphatic heterocycles. The summed E-state index contributed by atoms with van der Waals surface area (Å²) in [6.07, 6.45) is -1.67. The molecule has 2 atom stereocenters. The number of likely N-dealkylation sites (tertiary alicyclic amines) is 1. The summed E-state index contributed by atoms with van der Waals surface area (Å²) in [6.45, 7) is 4.98. The monoisotopic (exact) mass is 556 g/mol. The molecule has 0 saturated carbocycles. The van der Waals surface area contributed by atoms with E-state index in [1.54, 1.807) is 24.3 Å². The van der Waals surface area contributed by atoms with E-state index in [4.69, 9.17) is 9.47 Å². The fourth-order valence-corrected chi connectivity index (χ4v) is 5.73. The fraction of sp³-hybridized carbons (Fsp3) is 0.333. The number of ketones is 2. The highest BCUT2D eigenvalue weighted by atomic mass is 16.6. The molecule has 0 aliphatic carbocycles. The van der Waals surface area contributed by atoms with Crippen LogP contribution in [0.3, 0.4) is 0 Å². The topological polar surface area (TPSA) is 93.2 Å². The molecule has 0 N–H and O–H groups in total. The minimum Gasteiger partial charge on any atom is -0.452 e. The SMILES string of the molecule is COC(=O)N(CCN1C[C@H](C(=O)c2ccccc2)C(c2cccc(C)c2C)[C@@H](C(=O)c2ccccc2)C1)C(=O)OC. The smallest absolute Gasteiger partial charge is 0.419 e. The molecule has 1 fully saturated rings. The average molecular weight is 557 g/mol. The molecule has 214 valence electrons. The number of Topliss-reactive ketones (excluding diaryl/α,β-unsaturated/α-hetero) is 2. The maximum absolute atomic E-state index is 14.2. The molecule has 3 aromatic rings. The Morgan fingerprint density at radius 1 is 0.732 bits per heavy atom. The van der Waals surface area contributed by atoms with Crippen LogP contribution in [0.15, 0.2) is 78.9 Å². The number of rotatable bonds is 8. The molecule has 2 amide bonds. The predicted octanol–water partition coefficient (Wildman–Crippen LogP) is 5.54. The standard InChI is InChI=1S/C33H36N2O6/c1-22-12-11-17-26(23(22)2)29-27(30(36)24-13-7-5-8-14-24)20-34(18-19-35(32(38)40-3)33(39)41-4)21-28(29)31(37)25-15-9-6-10-16-25/h5-17,27-29H,18-21H2,1-4H3/t27-,28-/m0/s1. The van der Waals surface area contributed by atoms with Crippen LogP contribution in [0.2, 0.25) is 0 Å². The van der Waals surface area contributed by atoms with Crippen molar-refractivity contribution in [2.45, 2.75) is 19.8 Å². The number of nitrogens with zero attached hydrogens (tertiary/aromatic N) is 2. The third-order valence-electron chi connectivity index (χ3n) is 8.00. The van der Waals surface area contributed by atoms with E-state index < -0.39 is 24.0 Å². The first kappa shape index (κ1) is 29.7. The maximum Gasteiger partial charge on any atom is 0.419 e. The van der Waals surface area contributed by atoms with Gasteiger partial charge in [0, 0.05) is 55.1 Å². The number of carbonyl (C=O) groups is 4. The van der Waals surface area contributed by atoms with Gasteiger partial charge in [-0.05, 0) is 30.5 Å². The summed E-state index contributed by atoms with van der Waals surface area (Å²) >= 11 is 0. The predicted molar refractivity (Wildman–Crippen MR) is 155 cm³/mol. The highest BCUT2D eigenvalue weighted by Gasteiger charge is 2.45. The van der Waals surface area contributed by atoms with Crippen molar-refractivity contribution in [3.63, 3.8) is 0 Å². The number of piperidine rings is 1. The second kappa shape index (κ2) is 13.4. The van der Waals surface area contributed by atoms with Crippen LogP contribution >= 0.6 is 0 Å². The van der Waals surface area contributed by atoms with Crippen LogP contribution in [0, 0.1) is 25.7 Å². The van der Waals surface area contributed by atoms with Gasteiger partial charge in [0.05, 0.1) is 14.2 Å². The minimum atomic E-state index is -0.837. The average Bonchev–Trinajstić information content (AvgIpc) is 3.01. The third kappa shape index (κ3) is 6.55. The Kier molecular flexibility index (Phi) is 9.68. The number of ether oxygens (including phenoxy) is 2. The molecule has 0 unspecified atom stereocenters. The number of methoxy groups -OCH3 is 2. The number of carbonyl (C=O) groups excluding carboxylic acids is 4. The highest BCUT2D eigenvalue weighted by Crippen LogP contribution is 2.42. The number of hydrogen-bond acceptors (Lipinski definition) is 7. The van der Waals surface area contributed by atoms with Crippen LogP contribution in [0.25, 0.3) is 0 Å². The molecule has 0 aromatic heterocycles. The molecule has 0 bridgehead atoms. The summed E-state index contributed by atoms with van der Waals surface area (Å²) in [4.78, 5) is 55.8. The lowest BCUT2D eigenvalue weighted by atomic mass is 9.67. The Morgan fingerprint density at radius 2 is 1.22 bits per heavy atom. The largest absolute Gasteiger partial charge is 0.452 e. The van der Waals surface area contributed by atoms with Crippen molar-refractivity contribution in [3.05, 3.63) is 107 Å². The lowest BCUT2D eigenvalue weighted by Gasteiger charge is -2.44. The molecule has 41 heavy (non-hydrogen) atoms. The van der Waals surface area contributed by atoms with E-state index in [2.05, 4.69) is 0 Å². The summed E-state index contributed by atoms with van der Waals surface area (Å²) in [5.74, 6) is -1.57. The molecule has 0 spiro atoms. The zero-order chi connectivity index (χ0) is 29.5. The van der Waals surface area contributed by atoms with E-state index in [0.29, 0.717) is 24.2 Å². The Balaban J connectivity index is 1.78. The van der Waals surface area contributed by atoms with Crippen LogP contribution in [0.1, 0.15) is 43.3 Å². The van der Waals surface area contributed by atoms with Gasteiger partial charge in [-0.3, -0.25) is 9.59 Å². The molecule has 1 saturated heterocycles. The van der Waals surface area contributed by atoms with Gasteiger partial charge in [0.25, 0.3) is 0 Å². The van der Waals surface area contributed by atoms with Crippen LogP contribution in [-0.4, -0.2) is 74.0 Å². The summed E-state index contributed by atoms with van der Waals surface area (Å²) in [5, 5.41) is 0. The fourth-order valence-electron chi connectivity index (χ4n) is 5.73. The lowest BCUT2D eigenvalue weighted by Crippen LogP contribution is -2.52. The van der Waals surface area contributed by atoms with E-state index in [1.807, 2.05) is 73.3 Å². The number of benzene rings is 3. The van der Waals surface area contributed by atoms with Gasteiger partial charge in [0.1, 0.15) is 0 Å². The first-order valence-corrected chi connectivity index (χ1v) is 13.7. The van der Waals surface area contributed by atoms with E-state index in [0.717, 1.165) is 21.6 Å². The van der Waals surface area contributed by atoms with Crippen LogP contribution < -0.4 is 0 Å². The van der Waals surface area contributed by atoms with Crippen molar-refractivity contribution in [2.24, 2.45) is 11.8 Å². The summed E-state index contributed by atoms with van der Waals surface area (Å²) in [7, 11) is 2.38. The van der Waals surface area contributed by atoms with Gasteiger partial charge in [-0.2, -0.15) is 0 Å². The van der Waals surface area contributed by atoms with Crippen molar-refractivity contribution < 1.29 is 28.7 Å². The molecule has 0 radical (unpaired) electrons. The number of imide groups is 1. The first-order chi connectivity index (χ1) is 19.8. The Labute approximate surface area is 240 Å². The second-order valence-corrected chi connectivity index (χ2v) is 10.3. The minimum absolute atomic E-state index is 0.0218. The number of hydrogen-bond donors (Lipinski definition) is 0. The van der Waals surface area contributed by atoms with Crippen molar-refractivity contribution in [3.8, 4) is 0 Å². The summed E-state index contributed by atoms with van der Waals surface area (Å²) < 4.78 is 9.54. The van der Waals surface area contributed by atoms with Gasteiger partial charge in [0.2, 0.25) is 0 Å². The van der Waals surface area contributed by atoms with Gasteiger partial charge in [-0.1, -0.05) is 78.9 Å². The lowest BCUT2D eigenvalue weighted by molar-refractivity contribution is 0.0524. The molecule has 4 rings (SSSR count). The molecular weight excluding hydrogens is 520 g/mol. The third-order valence-corrected chi connectivity index (χ3v) is 8.00. The number of aryl methyl sites for hydroxylation is 1. The van der Waals surface area contributed by atoms with Gasteiger partial charge in [0.15, 0.2) is 11.6 Å². The first-order valence-electron chi connectivity index (χ1n) is 13.7. The summed E-state index contributed by atoms with van der Waals surface area (Å²) in [5.41, 5.74) is 4.29. The van der Waals surface area contributed by atoms with Gasteiger partial charge in [-0.15, -0.1) is 0 Å². The van der Waals surface area contributed by atoms with Crippen LogP contribution in [-0.2, 0) is 9.47 Å². The van der Waals surface area contributed by atoms with Gasteiger partial charge >= 0.3 is 12.2 Å². The van der Waals surface area contributed by atoms with Crippen molar-refractivity contribution in [1.82, 2.24) is 9.80 Å². The molecule has 8 heteroatoms. The normalized spacial score (nSPS) is 17.5. The zero-order valence-electron chi connectivity index (χ0n) is 23.9. The Morgan fingerprint density at radius 3 is 1.68 bits per heavy atom. The van der Waals surface area contributed by atoms with Crippen molar-refractivity contribution in [1.29, 1.82) is 0 Å². The molecule has 8 nitrogen and oxygen atoms in total. The van der Waals surface area contributed by atoms with Crippen molar-refractivity contribution >= 4 is 23.8 Å².